The van der Waals surface area contributed by atoms with Crippen molar-refractivity contribution in [3.63, 3.8) is 0 Å². The SMILES string of the molecule is CCC(CN)CC(=O)N1CCCCCCC1. The van der Waals surface area contributed by atoms with Crippen molar-refractivity contribution in [2.24, 2.45) is 11.7 Å². The van der Waals surface area contributed by atoms with Crippen molar-refractivity contribution in [3.8, 4) is 0 Å². The van der Waals surface area contributed by atoms with Crippen LogP contribution in [0.3, 0.4) is 0 Å². The van der Waals surface area contributed by atoms with Gasteiger partial charge in [0.2, 0.25) is 5.91 Å². The standard InChI is InChI=1S/C13H26N2O/c1-2-12(11-14)10-13(16)15-8-6-4-3-5-7-9-15/h12H,2-11,14H2,1H3. The number of hydrogen-bond donors (Lipinski definition) is 1. The fourth-order valence-corrected chi connectivity index (χ4v) is 2.27. The quantitative estimate of drug-likeness (QED) is 0.798. The van der Waals surface area contributed by atoms with Gasteiger partial charge in [-0.15, -0.1) is 0 Å². The molecule has 1 unspecified atom stereocenters. The van der Waals surface area contributed by atoms with Gasteiger partial charge in [0.1, 0.15) is 0 Å². The van der Waals surface area contributed by atoms with Gasteiger partial charge < -0.3 is 10.6 Å². The van der Waals surface area contributed by atoms with Crippen LogP contribution in [0.1, 0.15) is 51.9 Å². The number of likely N-dealkylation sites (tertiary alicyclic amines) is 1. The summed E-state index contributed by atoms with van der Waals surface area (Å²) in [5, 5.41) is 0. The molecule has 16 heavy (non-hydrogen) atoms. The predicted octanol–water partition coefficient (Wildman–Crippen LogP) is 2.15. The lowest BCUT2D eigenvalue weighted by atomic mass is 10.0. The Balaban J connectivity index is 2.37. The van der Waals surface area contributed by atoms with Gasteiger partial charge in [0.15, 0.2) is 0 Å². The molecular weight excluding hydrogens is 200 g/mol. The molecule has 1 heterocycles. The number of carbonyl (C=O) groups is 1. The molecule has 0 bridgehead atoms. The van der Waals surface area contributed by atoms with E-state index in [-0.39, 0.29) is 0 Å². The molecule has 1 aliphatic heterocycles. The fourth-order valence-electron chi connectivity index (χ4n) is 2.27. The van der Waals surface area contributed by atoms with Gasteiger partial charge in [-0.25, -0.2) is 0 Å². The van der Waals surface area contributed by atoms with Crippen molar-refractivity contribution >= 4 is 5.91 Å². The molecule has 0 radical (unpaired) electrons. The molecule has 0 saturated carbocycles. The lowest BCUT2D eigenvalue weighted by molar-refractivity contribution is -0.132. The number of nitrogens with two attached hydrogens (primary N) is 1. The van der Waals surface area contributed by atoms with Crippen LogP contribution in [0.2, 0.25) is 0 Å². The number of hydrogen-bond acceptors (Lipinski definition) is 2. The predicted molar refractivity (Wildman–Crippen MR) is 67.1 cm³/mol. The highest BCUT2D eigenvalue weighted by Crippen LogP contribution is 2.14. The summed E-state index contributed by atoms with van der Waals surface area (Å²) in [4.78, 5) is 14.1. The van der Waals surface area contributed by atoms with E-state index in [9.17, 15) is 4.79 Å². The maximum atomic E-state index is 12.1. The van der Waals surface area contributed by atoms with E-state index >= 15 is 0 Å². The van der Waals surface area contributed by atoms with Gasteiger partial charge in [0.05, 0.1) is 0 Å². The van der Waals surface area contributed by atoms with Gasteiger partial charge in [-0.3, -0.25) is 4.79 Å². The molecule has 2 N–H and O–H groups in total. The number of rotatable bonds is 4. The summed E-state index contributed by atoms with van der Waals surface area (Å²) in [6.45, 7) is 4.66. The fraction of sp³-hybridized carbons (Fsp3) is 0.923. The van der Waals surface area contributed by atoms with Gasteiger partial charge >= 0.3 is 0 Å². The zero-order valence-corrected chi connectivity index (χ0v) is 10.6. The molecule has 1 saturated heterocycles. The van der Waals surface area contributed by atoms with Crippen molar-refractivity contribution < 1.29 is 4.79 Å². The van der Waals surface area contributed by atoms with Crippen LogP contribution < -0.4 is 5.73 Å². The first kappa shape index (κ1) is 13.5. The molecule has 1 amide bonds. The second-order valence-corrected chi connectivity index (χ2v) is 4.86. The van der Waals surface area contributed by atoms with E-state index in [4.69, 9.17) is 5.73 Å². The minimum Gasteiger partial charge on any atom is -0.343 e. The van der Waals surface area contributed by atoms with Crippen molar-refractivity contribution in [2.75, 3.05) is 19.6 Å². The molecule has 1 rings (SSSR count). The van der Waals surface area contributed by atoms with Crippen LogP contribution in [0.5, 0.6) is 0 Å². The van der Waals surface area contributed by atoms with Crippen LogP contribution in [0, 0.1) is 5.92 Å². The maximum Gasteiger partial charge on any atom is 0.222 e. The lowest BCUT2D eigenvalue weighted by Gasteiger charge is -2.26. The molecule has 1 fully saturated rings. The Bertz CT molecular complexity index is 194. The first-order valence-corrected chi connectivity index (χ1v) is 6.75. The van der Waals surface area contributed by atoms with E-state index in [2.05, 4.69) is 11.8 Å². The lowest BCUT2D eigenvalue weighted by Crippen LogP contribution is -2.35. The highest BCUT2D eigenvalue weighted by molar-refractivity contribution is 5.76. The average molecular weight is 226 g/mol. The summed E-state index contributed by atoms with van der Waals surface area (Å²) in [6, 6.07) is 0. The minimum atomic E-state index is 0.319. The topological polar surface area (TPSA) is 46.3 Å². The van der Waals surface area contributed by atoms with Crippen LogP contribution in [0.25, 0.3) is 0 Å². The summed E-state index contributed by atoms with van der Waals surface area (Å²) in [5.74, 6) is 0.692. The molecule has 3 nitrogen and oxygen atoms in total. The highest BCUT2D eigenvalue weighted by Gasteiger charge is 2.17. The largest absolute Gasteiger partial charge is 0.343 e. The second kappa shape index (κ2) is 7.66. The third-order valence-electron chi connectivity index (χ3n) is 3.58. The zero-order chi connectivity index (χ0) is 11.8. The maximum absolute atomic E-state index is 12.1. The smallest absolute Gasteiger partial charge is 0.222 e. The van der Waals surface area contributed by atoms with Gasteiger partial charge in [0, 0.05) is 19.5 Å². The van der Waals surface area contributed by atoms with Gasteiger partial charge in [0.25, 0.3) is 0 Å². The van der Waals surface area contributed by atoms with Crippen LogP contribution in [-0.2, 0) is 4.79 Å². The molecule has 0 aromatic heterocycles. The van der Waals surface area contributed by atoms with Gasteiger partial charge in [-0.2, -0.15) is 0 Å². The Kier molecular flexibility index (Phi) is 6.46. The van der Waals surface area contributed by atoms with Crippen LogP contribution >= 0.6 is 0 Å². The van der Waals surface area contributed by atoms with Crippen molar-refractivity contribution in [3.05, 3.63) is 0 Å². The molecule has 1 atom stereocenters. The summed E-state index contributed by atoms with van der Waals surface area (Å²) in [7, 11) is 0. The van der Waals surface area contributed by atoms with E-state index < -0.39 is 0 Å². The molecule has 94 valence electrons. The molecule has 1 aliphatic rings. The Morgan fingerprint density at radius 2 is 1.75 bits per heavy atom. The minimum absolute atomic E-state index is 0.319. The Morgan fingerprint density at radius 1 is 1.19 bits per heavy atom. The first-order chi connectivity index (χ1) is 7.77. The zero-order valence-electron chi connectivity index (χ0n) is 10.6. The van der Waals surface area contributed by atoms with Crippen molar-refractivity contribution in [2.45, 2.75) is 51.9 Å². The Hall–Kier alpha value is -0.570. The number of carbonyl (C=O) groups excluding carboxylic acids is 1. The highest BCUT2D eigenvalue weighted by atomic mass is 16.2. The Morgan fingerprint density at radius 3 is 2.25 bits per heavy atom. The number of nitrogens with zero attached hydrogens (tertiary/aromatic N) is 1. The van der Waals surface area contributed by atoms with E-state index in [1.54, 1.807) is 0 Å². The molecule has 3 heteroatoms. The van der Waals surface area contributed by atoms with Crippen molar-refractivity contribution in [1.29, 1.82) is 0 Å². The van der Waals surface area contributed by atoms with E-state index in [0.29, 0.717) is 24.8 Å². The molecular formula is C13H26N2O. The van der Waals surface area contributed by atoms with Crippen LogP contribution in [-0.4, -0.2) is 30.4 Å². The molecule has 0 aliphatic carbocycles. The molecule has 0 aromatic rings. The second-order valence-electron chi connectivity index (χ2n) is 4.86. The number of amides is 1. The van der Waals surface area contributed by atoms with Gasteiger partial charge in [-0.1, -0.05) is 32.6 Å². The van der Waals surface area contributed by atoms with Crippen molar-refractivity contribution in [1.82, 2.24) is 4.90 Å². The summed E-state index contributed by atoms with van der Waals surface area (Å²) in [5.41, 5.74) is 5.65. The first-order valence-electron chi connectivity index (χ1n) is 6.75. The van der Waals surface area contributed by atoms with E-state index in [0.717, 1.165) is 19.5 Å². The Labute approximate surface area is 99.4 Å². The third kappa shape index (κ3) is 4.52. The summed E-state index contributed by atoms with van der Waals surface area (Å²) in [6.07, 6.45) is 7.89. The van der Waals surface area contributed by atoms with Gasteiger partial charge in [-0.05, 0) is 25.3 Å². The molecule has 0 aromatic carbocycles. The normalized spacial score (nSPS) is 20.0. The summed E-state index contributed by atoms with van der Waals surface area (Å²) < 4.78 is 0. The monoisotopic (exact) mass is 226 g/mol. The summed E-state index contributed by atoms with van der Waals surface area (Å²) >= 11 is 0. The van der Waals surface area contributed by atoms with E-state index in [1.165, 1.54) is 32.1 Å². The molecule has 0 spiro atoms. The van der Waals surface area contributed by atoms with Crippen LogP contribution in [0.15, 0.2) is 0 Å². The van der Waals surface area contributed by atoms with Crippen LogP contribution in [0.4, 0.5) is 0 Å². The average Bonchev–Trinajstić information content (AvgIpc) is 2.25. The third-order valence-corrected chi connectivity index (χ3v) is 3.58. The van der Waals surface area contributed by atoms with E-state index in [1.807, 2.05) is 0 Å².